The Balaban J connectivity index is 1.95. The van der Waals surface area contributed by atoms with Crippen LogP contribution < -0.4 is 10.2 Å². The van der Waals surface area contributed by atoms with Crippen LogP contribution in [0.25, 0.3) is 0 Å². The molecule has 0 saturated carbocycles. The molecule has 0 atom stereocenters. The highest BCUT2D eigenvalue weighted by Crippen LogP contribution is 2.21. The van der Waals surface area contributed by atoms with Crippen LogP contribution in [0.3, 0.4) is 0 Å². The molecule has 0 bridgehead atoms. The van der Waals surface area contributed by atoms with E-state index in [2.05, 4.69) is 5.32 Å². The van der Waals surface area contributed by atoms with Crippen LogP contribution in [0.2, 0.25) is 10.0 Å². The van der Waals surface area contributed by atoms with Gasteiger partial charge in [-0.1, -0.05) is 35.3 Å². The Morgan fingerprint density at radius 3 is 2.38 bits per heavy atom. The Hall–Kier alpha value is -2.04. The highest BCUT2D eigenvalue weighted by atomic mass is 35.5. The number of carbonyl (C=O) groups is 2. The van der Waals surface area contributed by atoms with Crippen LogP contribution in [0.15, 0.2) is 36.4 Å². The number of anilines is 1. The van der Waals surface area contributed by atoms with Gasteiger partial charge in [0, 0.05) is 29.2 Å². The number of hydrogen-bond acceptors (Lipinski definition) is 2. The van der Waals surface area contributed by atoms with Crippen LogP contribution >= 0.6 is 23.2 Å². The van der Waals surface area contributed by atoms with Crippen LogP contribution in [0.4, 0.5) is 5.69 Å². The molecule has 0 heterocycles. The van der Waals surface area contributed by atoms with E-state index in [0.29, 0.717) is 23.0 Å². The van der Waals surface area contributed by atoms with Gasteiger partial charge in [-0.25, -0.2) is 0 Å². The molecule has 1 N–H and O–H groups in total. The average Bonchev–Trinajstić information content (AvgIpc) is 2.57. The standard InChI is InChI=1S/C20H22Cl2N2O2/c1-13-4-7-18(10-14(13)2)24(15(3)25)12-20(26)23-9-8-16-5-6-17(21)11-19(16)22/h4-7,10-11H,8-9,12H2,1-3H3,(H,23,26). The Bertz CT molecular complexity index is 821. The molecule has 2 amide bonds. The van der Waals surface area contributed by atoms with Crippen molar-refractivity contribution in [2.75, 3.05) is 18.0 Å². The largest absolute Gasteiger partial charge is 0.354 e. The summed E-state index contributed by atoms with van der Waals surface area (Å²) in [4.78, 5) is 25.7. The maximum atomic E-state index is 12.3. The number of benzene rings is 2. The zero-order valence-corrected chi connectivity index (χ0v) is 16.6. The molecule has 0 aromatic heterocycles. The fourth-order valence-electron chi connectivity index (χ4n) is 2.54. The lowest BCUT2D eigenvalue weighted by atomic mass is 10.1. The lowest BCUT2D eigenvalue weighted by molar-refractivity contribution is -0.123. The molecular weight excluding hydrogens is 371 g/mol. The molecule has 0 radical (unpaired) electrons. The molecule has 2 aromatic rings. The SMILES string of the molecule is CC(=O)N(CC(=O)NCCc1ccc(Cl)cc1Cl)c1ccc(C)c(C)c1. The van der Waals surface area contributed by atoms with E-state index in [-0.39, 0.29) is 18.4 Å². The third-order valence-electron chi connectivity index (χ3n) is 4.22. The molecule has 4 nitrogen and oxygen atoms in total. The van der Waals surface area contributed by atoms with E-state index < -0.39 is 0 Å². The summed E-state index contributed by atoms with van der Waals surface area (Å²) in [6, 6.07) is 11.0. The van der Waals surface area contributed by atoms with Gasteiger partial charge in [-0.05, 0) is 61.2 Å². The van der Waals surface area contributed by atoms with Crippen molar-refractivity contribution < 1.29 is 9.59 Å². The number of nitrogens with zero attached hydrogens (tertiary/aromatic N) is 1. The molecule has 0 aliphatic carbocycles. The van der Waals surface area contributed by atoms with Crippen molar-refractivity contribution >= 4 is 40.7 Å². The first kappa shape index (κ1) is 20.3. The number of nitrogens with one attached hydrogen (secondary N) is 1. The van der Waals surface area contributed by atoms with Crippen LogP contribution in [-0.2, 0) is 16.0 Å². The van der Waals surface area contributed by atoms with Gasteiger partial charge in [0.25, 0.3) is 0 Å². The maximum absolute atomic E-state index is 12.3. The van der Waals surface area contributed by atoms with Crippen molar-refractivity contribution in [3.63, 3.8) is 0 Å². The Morgan fingerprint density at radius 1 is 1.04 bits per heavy atom. The summed E-state index contributed by atoms with van der Waals surface area (Å²) >= 11 is 12.0. The number of hydrogen-bond donors (Lipinski definition) is 1. The van der Waals surface area contributed by atoms with Gasteiger partial charge in [0.15, 0.2) is 0 Å². The van der Waals surface area contributed by atoms with Crippen molar-refractivity contribution in [2.24, 2.45) is 0 Å². The second-order valence-corrected chi connectivity index (χ2v) is 7.05. The molecular formula is C20H22Cl2N2O2. The van der Waals surface area contributed by atoms with Crippen LogP contribution in [0.5, 0.6) is 0 Å². The van der Waals surface area contributed by atoms with E-state index in [0.717, 1.165) is 22.4 Å². The van der Waals surface area contributed by atoms with Gasteiger partial charge in [-0.3, -0.25) is 9.59 Å². The van der Waals surface area contributed by atoms with Crippen molar-refractivity contribution in [3.8, 4) is 0 Å². The summed E-state index contributed by atoms with van der Waals surface area (Å²) in [5.74, 6) is -0.396. The molecule has 0 spiro atoms. The number of carbonyl (C=O) groups excluding carboxylic acids is 2. The van der Waals surface area contributed by atoms with Crippen molar-refractivity contribution in [2.45, 2.75) is 27.2 Å². The van der Waals surface area contributed by atoms with Gasteiger partial charge in [-0.15, -0.1) is 0 Å². The topological polar surface area (TPSA) is 49.4 Å². The normalized spacial score (nSPS) is 10.5. The average molecular weight is 393 g/mol. The highest BCUT2D eigenvalue weighted by molar-refractivity contribution is 6.35. The second kappa shape index (κ2) is 9.06. The molecule has 2 aromatic carbocycles. The molecule has 0 aliphatic heterocycles. The fourth-order valence-corrected chi connectivity index (χ4v) is 3.04. The lowest BCUT2D eigenvalue weighted by Crippen LogP contribution is -2.40. The van der Waals surface area contributed by atoms with Crippen LogP contribution in [0.1, 0.15) is 23.6 Å². The number of aryl methyl sites for hydroxylation is 2. The Labute approximate surface area is 164 Å². The third-order valence-corrected chi connectivity index (χ3v) is 4.80. The molecule has 138 valence electrons. The minimum atomic E-state index is -0.219. The summed E-state index contributed by atoms with van der Waals surface area (Å²) in [6.45, 7) is 5.85. The summed E-state index contributed by atoms with van der Waals surface area (Å²) in [5.41, 5.74) is 3.85. The highest BCUT2D eigenvalue weighted by Gasteiger charge is 2.16. The van der Waals surface area contributed by atoms with Gasteiger partial charge in [0.1, 0.15) is 6.54 Å². The first-order chi connectivity index (χ1) is 12.3. The predicted molar refractivity (Wildman–Crippen MR) is 107 cm³/mol. The van der Waals surface area contributed by atoms with E-state index in [1.165, 1.54) is 11.8 Å². The summed E-state index contributed by atoms with van der Waals surface area (Å²) in [5, 5.41) is 3.98. The molecule has 26 heavy (non-hydrogen) atoms. The van der Waals surface area contributed by atoms with E-state index >= 15 is 0 Å². The van der Waals surface area contributed by atoms with Gasteiger partial charge in [-0.2, -0.15) is 0 Å². The molecule has 6 heteroatoms. The van der Waals surface area contributed by atoms with E-state index in [4.69, 9.17) is 23.2 Å². The quantitative estimate of drug-likeness (QED) is 0.795. The first-order valence-corrected chi connectivity index (χ1v) is 9.09. The predicted octanol–water partition coefficient (Wildman–Crippen LogP) is 4.32. The van der Waals surface area contributed by atoms with Gasteiger partial charge < -0.3 is 10.2 Å². The molecule has 0 saturated heterocycles. The Kier molecular flexibility index (Phi) is 7.06. The van der Waals surface area contributed by atoms with E-state index in [1.54, 1.807) is 12.1 Å². The maximum Gasteiger partial charge on any atom is 0.240 e. The minimum absolute atomic E-state index is 0.0216. The minimum Gasteiger partial charge on any atom is -0.354 e. The van der Waals surface area contributed by atoms with Gasteiger partial charge >= 0.3 is 0 Å². The monoisotopic (exact) mass is 392 g/mol. The smallest absolute Gasteiger partial charge is 0.240 e. The van der Waals surface area contributed by atoms with Crippen LogP contribution in [0, 0.1) is 13.8 Å². The number of halogens is 2. The van der Waals surface area contributed by atoms with Gasteiger partial charge in [0.05, 0.1) is 0 Å². The van der Waals surface area contributed by atoms with E-state index in [1.807, 2.05) is 38.1 Å². The zero-order valence-electron chi connectivity index (χ0n) is 15.1. The number of rotatable bonds is 6. The lowest BCUT2D eigenvalue weighted by Gasteiger charge is -2.21. The summed E-state index contributed by atoms with van der Waals surface area (Å²) in [7, 11) is 0. The zero-order chi connectivity index (χ0) is 19.3. The summed E-state index contributed by atoms with van der Waals surface area (Å²) in [6.07, 6.45) is 0.589. The second-order valence-electron chi connectivity index (χ2n) is 6.21. The third kappa shape index (κ3) is 5.48. The molecule has 0 aliphatic rings. The Morgan fingerprint density at radius 2 is 1.77 bits per heavy atom. The number of amides is 2. The molecule has 0 fully saturated rings. The van der Waals surface area contributed by atoms with Crippen molar-refractivity contribution in [1.29, 1.82) is 0 Å². The van der Waals surface area contributed by atoms with Crippen molar-refractivity contribution in [1.82, 2.24) is 5.32 Å². The van der Waals surface area contributed by atoms with Crippen LogP contribution in [-0.4, -0.2) is 24.9 Å². The van der Waals surface area contributed by atoms with Crippen molar-refractivity contribution in [3.05, 3.63) is 63.1 Å². The molecule has 2 rings (SSSR count). The summed E-state index contributed by atoms with van der Waals surface area (Å²) < 4.78 is 0. The first-order valence-electron chi connectivity index (χ1n) is 8.34. The fraction of sp³-hybridized carbons (Fsp3) is 0.300. The van der Waals surface area contributed by atoms with Gasteiger partial charge in [0.2, 0.25) is 11.8 Å². The molecule has 0 unspecified atom stereocenters. The van der Waals surface area contributed by atoms with E-state index in [9.17, 15) is 9.59 Å².